The summed E-state index contributed by atoms with van der Waals surface area (Å²) in [4.78, 5) is 40.1. The average Bonchev–Trinajstić information content (AvgIpc) is 2.89. The Morgan fingerprint density at radius 2 is 1.92 bits per heavy atom. The second-order valence-electron chi connectivity index (χ2n) is 7.86. The maximum atomic E-state index is 13.8. The minimum Gasteiger partial charge on any atom is -0.493 e. The van der Waals surface area contributed by atoms with Gasteiger partial charge in [-0.2, -0.15) is 5.10 Å². The number of H-pyrrole nitrogens is 1. The number of methoxy groups -OCH3 is 1. The van der Waals surface area contributed by atoms with E-state index in [1.165, 1.54) is 31.5 Å². The lowest BCUT2D eigenvalue weighted by molar-refractivity contribution is -0.118. The van der Waals surface area contributed by atoms with E-state index < -0.39 is 29.6 Å². The molecular formula is C27H23FN4O5. The van der Waals surface area contributed by atoms with Gasteiger partial charge in [0, 0.05) is 5.56 Å². The Labute approximate surface area is 210 Å². The number of aromatic nitrogens is 2. The number of ether oxygens (including phenoxy) is 2. The number of nitrogens with zero attached hydrogens (tertiary/aromatic N) is 2. The number of rotatable bonds is 9. The fraction of sp³-hybridized carbons (Fsp3) is 0.111. The van der Waals surface area contributed by atoms with Crippen molar-refractivity contribution in [1.29, 1.82) is 0 Å². The van der Waals surface area contributed by atoms with Crippen LogP contribution >= 0.6 is 0 Å². The first-order valence-corrected chi connectivity index (χ1v) is 11.2. The molecule has 0 radical (unpaired) electrons. The molecule has 0 aliphatic carbocycles. The van der Waals surface area contributed by atoms with Crippen molar-refractivity contribution in [3.05, 3.63) is 111 Å². The normalized spacial score (nSPS) is 11.0. The van der Waals surface area contributed by atoms with E-state index in [1.807, 2.05) is 0 Å². The molecule has 0 fully saturated rings. The van der Waals surface area contributed by atoms with Crippen LogP contribution in [0.15, 0.2) is 88.0 Å². The highest BCUT2D eigenvalue weighted by Gasteiger charge is 2.15. The van der Waals surface area contributed by atoms with Crippen molar-refractivity contribution in [3.63, 3.8) is 0 Å². The predicted molar refractivity (Wildman–Crippen MR) is 139 cm³/mol. The SMILES string of the molecule is C=CCc1cc(C=Nn2c(=O)[nH]c3ccccc3c2=O)cc(OC)c1OCC(=O)Nc1ccccc1F. The molecule has 188 valence electrons. The number of nitrogens with one attached hydrogen (secondary N) is 2. The van der Waals surface area contributed by atoms with Gasteiger partial charge in [0.15, 0.2) is 18.1 Å². The van der Waals surface area contributed by atoms with E-state index in [0.29, 0.717) is 39.9 Å². The fourth-order valence-corrected chi connectivity index (χ4v) is 3.65. The predicted octanol–water partition coefficient (Wildman–Crippen LogP) is 3.47. The van der Waals surface area contributed by atoms with E-state index in [1.54, 1.807) is 48.5 Å². The molecule has 0 spiro atoms. The molecule has 0 aliphatic heterocycles. The van der Waals surface area contributed by atoms with Crippen LogP contribution in [-0.2, 0) is 11.2 Å². The summed E-state index contributed by atoms with van der Waals surface area (Å²) >= 11 is 0. The summed E-state index contributed by atoms with van der Waals surface area (Å²) in [7, 11) is 1.43. The third-order valence-electron chi connectivity index (χ3n) is 5.34. The van der Waals surface area contributed by atoms with Crippen LogP contribution in [0.2, 0.25) is 0 Å². The zero-order chi connectivity index (χ0) is 26.4. The Morgan fingerprint density at radius 3 is 2.68 bits per heavy atom. The summed E-state index contributed by atoms with van der Waals surface area (Å²) in [5, 5.41) is 6.85. The average molecular weight is 503 g/mol. The van der Waals surface area contributed by atoms with Gasteiger partial charge in [-0.3, -0.25) is 9.59 Å². The molecule has 1 aromatic heterocycles. The van der Waals surface area contributed by atoms with Crippen LogP contribution in [0, 0.1) is 5.82 Å². The molecule has 0 atom stereocenters. The van der Waals surface area contributed by atoms with E-state index in [0.717, 1.165) is 4.68 Å². The first-order valence-electron chi connectivity index (χ1n) is 11.2. The van der Waals surface area contributed by atoms with E-state index in [-0.39, 0.29) is 5.69 Å². The Bertz CT molecular complexity index is 1620. The Morgan fingerprint density at radius 1 is 1.16 bits per heavy atom. The molecule has 10 heteroatoms. The number of allylic oxidation sites excluding steroid dienone is 1. The first-order chi connectivity index (χ1) is 17.9. The molecule has 4 aromatic rings. The summed E-state index contributed by atoms with van der Waals surface area (Å²) in [6, 6.07) is 15.7. The molecule has 1 heterocycles. The quantitative estimate of drug-likeness (QED) is 0.269. The van der Waals surface area contributed by atoms with Crippen LogP contribution in [0.5, 0.6) is 11.5 Å². The summed E-state index contributed by atoms with van der Waals surface area (Å²) in [5.74, 6) is -0.533. The van der Waals surface area contributed by atoms with Crippen LogP contribution in [0.4, 0.5) is 10.1 Å². The number of anilines is 1. The van der Waals surface area contributed by atoms with Gasteiger partial charge in [0.05, 0.1) is 29.9 Å². The zero-order valence-corrected chi connectivity index (χ0v) is 19.9. The maximum absolute atomic E-state index is 13.8. The molecule has 1 amide bonds. The molecule has 0 saturated heterocycles. The molecule has 4 rings (SSSR count). The van der Waals surface area contributed by atoms with Crippen molar-refractivity contribution in [1.82, 2.24) is 9.66 Å². The minimum atomic E-state index is -0.681. The third kappa shape index (κ3) is 5.64. The van der Waals surface area contributed by atoms with Gasteiger partial charge < -0.3 is 19.8 Å². The van der Waals surface area contributed by atoms with Crippen LogP contribution in [0.3, 0.4) is 0 Å². The first kappa shape index (κ1) is 25.1. The largest absolute Gasteiger partial charge is 0.493 e. The van der Waals surface area contributed by atoms with Crippen molar-refractivity contribution in [2.24, 2.45) is 5.10 Å². The molecule has 9 nitrogen and oxygen atoms in total. The smallest absolute Gasteiger partial charge is 0.349 e. The van der Waals surface area contributed by atoms with E-state index >= 15 is 0 Å². The lowest BCUT2D eigenvalue weighted by atomic mass is 10.1. The van der Waals surface area contributed by atoms with Crippen LogP contribution < -0.4 is 26.0 Å². The van der Waals surface area contributed by atoms with Gasteiger partial charge >= 0.3 is 5.69 Å². The third-order valence-corrected chi connectivity index (χ3v) is 5.34. The summed E-state index contributed by atoms with van der Waals surface area (Å²) in [5.41, 5.74) is 0.346. The number of carbonyl (C=O) groups is 1. The highest BCUT2D eigenvalue weighted by Crippen LogP contribution is 2.33. The van der Waals surface area contributed by atoms with Gasteiger partial charge in [-0.1, -0.05) is 30.3 Å². The number of benzene rings is 3. The molecule has 3 aromatic carbocycles. The van der Waals surface area contributed by atoms with Gasteiger partial charge in [0.1, 0.15) is 5.82 Å². The number of aromatic amines is 1. The lowest BCUT2D eigenvalue weighted by Gasteiger charge is -2.15. The summed E-state index contributed by atoms with van der Waals surface area (Å²) in [6.07, 6.45) is 3.34. The number of carbonyl (C=O) groups excluding carboxylic acids is 1. The van der Waals surface area contributed by atoms with Gasteiger partial charge in [-0.05, 0) is 48.4 Å². The molecule has 0 bridgehead atoms. The second kappa shape index (κ2) is 11.2. The lowest BCUT2D eigenvalue weighted by Crippen LogP contribution is -2.32. The highest BCUT2D eigenvalue weighted by atomic mass is 19.1. The Balaban J connectivity index is 1.61. The van der Waals surface area contributed by atoms with Crippen molar-refractivity contribution in [2.45, 2.75) is 6.42 Å². The topological polar surface area (TPSA) is 115 Å². The number of amides is 1. The zero-order valence-electron chi connectivity index (χ0n) is 19.9. The van der Waals surface area contributed by atoms with Crippen molar-refractivity contribution >= 4 is 28.7 Å². The molecular weight excluding hydrogens is 479 g/mol. The maximum Gasteiger partial charge on any atom is 0.349 e. The van der Waals surface area contributed by atoms with Gasteiger partial charge in [0.2, 0.25) is 0 Å². The van der Waals surface area contributed by atoms with Crippen LogP contribution in [0.25, 0.3) is 10.9 Å². The van der Waals surface area contributed by atoms with Crippen LogP contribution in [0.1, 0.15) is 11.1 Å². The van der Waals surface area contributed by atoms with E-state index in [2.05, 4.69) is 22.0 Å². The van der Waals surface area contributed by atoms with E-state index in [4.69, 9.17) is 9.47 Å². The van der Waals surface area contributed by atoms with Crippen molar-refractivity contribution in [2.75, 3.05) is 19.0 Å². The number of hydrogen-bond acceptors (Lipinski definition) is 6. The monoisotopic (exact) mass is 502 g/mol. The number of para-hydroxylation sites is 2. The Hall–Kier alpha value is -4.99. The molecule has 2 N–H and O–H groups in total. The number of hydrogen-bond donors (Lipinski definition) is 2. The van der Waals surface area contributed by atoms with Gasteiger partial charge in [-0.25, -0.2) is 9.18 Å². The molecule has 0 saturated carbocycles. The minimum absolute atomic E-state index is 0.0415. The molecule has 0 aliphatic rings. The van der Waals surface area contributed by atoms with E-state index in [9.17, 15) is 18.8 Å². The van der Waals surface area contributed by atoms with Crippen LogP contribution in [-0.4, -0.2) is 35.5 Å². The highest BCUT2D eigenvalue weighted by molar-refractivity contribution is 5.92. The standard InChI is InChI=1S/C27H23FN4O5/c1-3-8-18-13-17(15-29-32-26(34)19-9-4-6-11-21(19)31-27(32)35)14-23(36-2)25(18)37-16-24(33)30-22-12-7-5-10-20(22)28/h3-7,9-15H,1,8,16H2,2H3,(H,30,33)(H,31,35). The Kier molecular flexibility index (Phi) is 7.58. The second-order valence-corrected chi connectivity index (χ2v) is 7.86. The number of halogens is 1. The molecule has 0 unspecified atom stereocenters. The number of fused-ring (bicyclic) bond motifs is 1. The molecule has 37 heavy (non-hydrogen) atoms. The summed E-state index contributed by atoms with van der Waals surface area (Å²) < 4.78 is 25.7. The van der Waals surface area contributed by atoms with Crippen molar-refractivity contribution < 1.29 is 18.7 Å². The van der Waals surface area contributed by atoms with Gasteiger partial charge in [0.25, 0.3) is 11.5 Å². The van der Waals surface area contributed by atoms with Crippen molar-refractivity contribution in [3.8, 4) is 11.5 Å². The van der Waals surface area contributed by atoms with Gasteiger partial charge in [-0.15, -0.1) is 11.3 Å². The summed E-state index contributed by atoms with van der Waals surface area (Å²) in [6.45, 7) is 3.35. The fourth-order valence-electron chi connectivity index (χ4n) is 3.65.